The predicted molar refractivity (Wildman–Crippen MR) is 73.2 cm³/mol. The second kappa shape index (κ2) is 6.29. The average Bonchev–Trinajstić information content (AvgIpc) is 2.41. The molecule has 108 valence electrons. The Bertz CT molecular complexity index is 482. The molecule has 0 bridgehead atoms. The molecule has 0 aromatic carbocycles. The van der Waals surface area contributed by atoms with Gasteiger partial charge in [-0.2, -0.15) is 0 Å². The number of nitro groups is 1. The molecule has 1 aliphatic rings. The number of anilines is 1. The highest BCUT2D eigenvalue weighted by molar-refractivity contribution is 5.75. The topological polar surface area (TPSA) is 114 Å². The number of piperidine rings is 1. The molecule has 0 radical (unpaired) electrons. The molecule has 0 aliphatic carbocycles. The number of aromatic nitrogens is 1. The minimum Gasteiger partial charge on any atom is -0.379 e. The molecule has 3 N–H and O–H groups in total. The molecule has 1 amide bonds. The first kappa shape index (κ1) is 14.2. The summed E-state index contributed by atoms with van der Waals surface area (Å²) in [5.74, 6) is -0.470. The van der Waals surface area contributed by atoms with Gasteiger partial charge in [-0.3, -0.25) is 9.69 Å². The van der Waals surface area contributed by atoms with Gasteiger partial charge in [-0.25, -0.2) is 0 Å². The van der Waals surface area contributed by atoms with Gasteiger partial charge in [0.25, 0.3) is 0 Å². The number of amides is 1. The fourth-order valence-corrected chi connectivity index (χ4v) is 2.27. The lowest BCUT2D eigenvalue weighted by Gasteiger charge is -2.31. The summed E-state index contributed by atoms with van der Waals surface area (Å²) in [4.78, 5) is 26.6. The lowest BCUT2D eigenvalue weighted by molar-refractivity contribution is -0.389. The van der Waals surface area contributed by atoms with Gasteiger partial charge in [-0.1, -0.05) is 0 Å². The van der Waals surface area contributed by atoms with Crippen molar-refractivity contribution >= 4 is 17.4 Å². The van der Waals surface area contributed by atoms with E-state index < -0.39 is 4.92 Å². The number of nitrogens with two attached hydrogens (primary N) is 1. The minimum atomic E-state index is -0.522. The molecule has 1 aromatic heterocycles. The molecule has 1 aromatic rings. The average molecular weight is 279 g/mol. The molecule has 8 nitrogen and oxygen atoms in total. The summed E-state index contributed by atoms with van der Waals surface area (Å²) in [6.45, 7) is 1.91. The van der Waals surface area contributed by atoms with Gasteiger partial charge in [-0.15, -0.1) is 0 Å². The lowest BCUT2D eigenvalue weighted by Crippen LogP contribution is -2.42. The molecule has 20 heavy (non-hydrogen) atoms. The number of primary amides is 1. The summed E-state index contributed by atoms with van der Waals surface area (Å²) in [5.41, 5.74) is 5.93. The van der Waals surface area contributed by atoms with Gasteiger partial charge in [0, 0.05) is 25.2 Å². The van der Waals surface area contributed by atoms with E-state index in [1.54, 1.807) is 6.07 Å². The maximum atomic E-state index is 10.8. The van der Waals surface area contributed by atoms with Gasteiger partial charge < -0.3 is 21.2 Å². The second-order valence-corrected chi connectivity index (χ2v) is 4.82. The van der Waals surface area contributed by atoms with E-state index in [0.29, 0.717) is 6.54 Å². The van der Waals surface area contributed by atoms with E-state index in [0.717, 1.165) is 31.6 Å². The Hall–Kier alpha value is -2.22. The summed E-state index contributed by atoms with van der Waals surface area (Å²) >= 11 is 0. The molecule has 1 saturated heterocycles. The Kier molecular flexibility index (Phi) is 4.46. The Morgan fingerprint density at radius 1 is 1.50 bits per heavy atom. The van der Waals surface area contributed by atoms with Crippen LogP contribution in [-0.2, 0) is 4.79 Å². The molecule has 1 aliphatic heterocycles. The number of rotatable bonds is 5. The van der Waals surface area contributed by atoms with Gasteiger partial charge in [0.1, 0.15) is 0 Å². The van der Waals surface area contributed by atoms with Crippen LogP contribution in [0.1, 0.15) is 12.8 Å². The SMILES string of the molecule is NC(=O)CN1CCC(Nc2ccc([N+](=O)[O-])nc2)CC1. The van der Waals surface area contributed by atoms with Crippen LogP contribution in [0.3, 0.4) is 0 Å². The highest BCUT2D eigenvalue weighted by atomic mass is 16.6. The minimum absolute atomic E-state index is 0.160. The first-order valence-electron chi connectivity index (χ1n) is 6.42. The van der Waals surface area contributed by atoms with Crippen molar-refractivity contribution in [3.05, 3.63) is 28.4 Å². The van der Waals surface area contributed by atoms with Crippen molar-refractivity contribution in [3.8, 4) is 0 Å². The number of nitrogens with one attached hydrogen (secondary N) is 1. The van der Waals surface area contributed by atoms with Crippen molar-refractivity contribution in [2.45, 2.75) is 18.9 Å². The Labute approximate surface area is 116 Å². The molecule has 0 atom stereocenters. The highest BCUT2D eigenvalue weighted by Crippen LogP contribution is 2.17. The molecular weight excluding hydrogens is 262 g/mol. The zero-order chi connectivity index (χ0) is 14.5. The Morgan fingerprint density at radius 3 is 2.70 bits per heavy atom. The largest absolute Gasteiger partial charge is 0.379 e. The normalized spacial score (nSPS) is 16.8. The fraction of sp³-hybridized carbons (Fsp3) is 0.500. The molecule has 2 heterocycles. The monoisotopic (exact) mass is 279 g/mol. The Morgan fingerprint density at radius 2 is 2.20 bits per heavy atom. The van der Waals surface area contributed by atoms with E-state index in [-0.39, 0.29) is 17.8 Å². The van der Waals surface area contributed by atoms with Crippen LogP contribution in [0, 0.1) is 10.1 Å². The molecular formula is C12H17N5O3. The summed E-state index contributed by atoms with van der Waals surface area (Å²) in [6, 6.07) is 3.31. The number of nitrogens with zero attached hydrogens (tertiary/aromatic N) is 3. The number of carbonyl (C=O) groups excluding carboxylic acids is 1. The van der Waals surface area contributed by atoms with Crippen LogP contribution in [0.4, 0.5) is 11.5 Å². The van der Waals surface area contributed by atoms with Crippen LogP contribution >= 0.6 is 0 Å². The maximum absolute atomic E-state index is 10.8. The smallest absolute Gasteiger partial charge is 0.363 e. The highest BCUT2D eigenvalue weighted by Gasteiger charge is 2.20. The van der Waals surface area contributed by atoms with E-state index >= 15 is 0 Å². The molecule has 0 saturated carbocycles. The first-order valence-corrected chi connectivity index (χ1v) is 6.42. The van der Waals surface area contributed by atoms with Gasteiger partial charge in [0.05, 0.1) is 12.2 Å². The molecule has 8 heteroatoms. The van der Waals surface area contributed by atoms with Gasteiger partial charge in [-0.05, 0) is 28.8 Å². The number of hydrogen-bond donors (Lipinski definition) is 2. The second-order valence-electron chi connectivity index (χ2n) is 4.82. The zero-order valence-corrected chi connectivity index (χ0v) is 11.0. The van der Waals surface area contributed by atoms with Crippen LogP contribution in [0.25, 0.3) is 0 Å². The van der Waals surface area contributed by atoms with Crippen molar-refractivity contribution in [1.29, 1.82) is 0 Å². The number of hydrogen-bond acceptors (Lipinski definition) is 6. The molecule has 0 spiro atoms. The van der Waals surface area contributed by atoms with E-state index in [1.165, 1.54) is 12.3 Å². The van der Waals surface area contributed by atoms with Crippen LogP contribution in [-0.4, -0.2) is 46.4 Å². The fourth-order valence-electron chi connectivity index (χ4n) is 2.27. The molecule has 0 unspecified atom stereocenters. The van der Waals surface area contributed by atoms with Crippen molar-refractivity contribution < 1.29 is 9.72 Å². The third kappa shape index (κ3) is 3.89. The van der Waals surface area contributed by atoms with E-state index in [1.807, 2.05) is 4.90 Å². The third-order valence-electron chi connectivity index (χ3n) is 3.27. The van der Waals surface area contributed by atoms with E-state index in [4.69, 9.17) is 5.73 Å². The summed E-state index contributed by atoms with van der Waals surface area (Å²) < 4.78 is 0. The third-order valence-corrected chi connectivity index (χ3v) is 3.27. The van der Waals surface area contributed by atoms with E-state index in [9.17, 15) is 14.9 Å². The van der Waals surface area contributed by atoms with Gasteiger partial charge in [0.15, 0.2) is 6.20 Å². The van der Waals surface area contributed by atoms with Crippen LogP contribution in [0.2, 0.25) is 0 Å². The quantitative estimate of drug-likeness (QED) is 0.593. The number of pyridine rings is 1. The molecule has 2 rings (SSSR count). The number of carbonyl (C=O) groups is 1. The summed E-state index contributed by atoms with van der Waals surface area (Å²) in [5, 5.41) is 13.8. The van der Waals surface area contributed by atoms with Crippen molar-refractivity contribution in [2.24, 2.45) is 5.73 Å². The van der Waals surface area contributed by atoms with E-state index in [2.05, 4.69) is 10.3 Å². The van der Waals surface area contributed by atoms with Crippen molar-refractivity contribution in [3.63, 3.8) is 0 Å². The van der Waals surface area contributed by atoms with Gasteiger partial charge in [0.2, 0.25) is 5.91 Å². The van der Waals surface area contributed by atoms with Crippen LogP contribution in [0.15, 0.2) is 18.3 Å². The Balaban J connectivity index is 1.83. The van der Waals surface area contributed by atoms with Crippen LogP contribution < -0.4 is 11.1 Å². The zero-order valence-electron chi connectivity index (χ0n) is 11.0. The number of likely N-dealkylation sites (tertiary alicyclic amines) is 1. The first-order chi connectivity index (χ1) is 9.54. The van der Waals surface area contributed by atoms with Crippen molar-refractivity contribution in [1.82, 2.24) is 9.88 Å². The maximum Gasteiger partial charge on any atom is 0.363 e. The lowest BCUT2D eigenvalue weighted by atomic mass is 10.0. The summed E-state index contributed by atoms with van der Waals surface area (Å²) in [6.07, 6.45) is 3.25. The van der Waals surface area contributed by atoms with Crippen LogP contribution in [0.5, 0.6) is 0 Å². The standard InChI is InChI=1S/C12H17N5O3/c13-11(18)8-16-5-3-9(4-6-16)15-10-1-2-12(14-7-10)17(19)20/h1-2,7,9,15H,3-6,8H2,(H2,13,18). The van der Waals surface area contributed by atoms with Gasteiger partial charge >= 0.3 is 5.82 Å². The summed E-state index contributed by atoms with van der Waals surface area (Å²) in [7, 11) is 0. The molecule has 1 fully saturated rings. The van der Waals surface area contributed by atoms with Crippen molar-refractivity contribution in [2.75, 3.05) is 25.0 Å². The predicted octanol–water partition coefficient (Wildman–Crippen LogP) is 0.351.